The number of carbonyl (C=O) groups is 2. The molecule has 1 aromatic carbocycles. The Morgan fingerprint density at radius 3 is 2.62 bits per heavy atom. The van der Waals surface area contributed by atoms with Gasteiger partial charge in [0.1, 0.15) is 5.75 Å². The molecular weight excluding hydrogens is 278 g/mol. The summed E-state index contributed by atoms with van der Waals surface area (Å²) >= 11 is 3.24. The van der Waals surface area contributed by atoms with Crippen LogP contribution < -0.4 is 14.8 Å². The third-order valence-corrected chi connectivity index (χ3v) is 2.36. The van der Waals surface area contributed by atoms with Crippen LogP contribution in [0.1, 0.15) is 6.92 Å². The summed E-state index contributed by atoms with van der Waals surface area (Å²) in [6.45, 7) is 1.65. The van der Waals surface area contributed by atoms with Crippen LogP contribution in [0.2, 0.25) is 0 Å². The van der Waals surface area contributed by atoms with Crippen molar-refractivity contribution < 1.29 is 19.1 Å². The fourth-order valence-electron chi connectivity index (χ4n) is 1.13. The summed E-state index contributed by atoms with van der Waals surface area (Å²) in [5, 5.41) is 2.54. The van der Waals surface area contributed by atoms with Crippen LogP contribution in [-0.4, -0.2) is 19.5 Å². The van der Waals surface area contributed by atoms with Crippen LogP contribution in [0.3, 0.4) is 0 Å². The van der Waals surface area contributed by atoms with E-state index in [9.17, 15) is 9.59 Å². The highest BCUT2D eigenvalue weighted by atomic mass is 79.9. The Balaban J connectivity index is 3.18. The van der Waals surface area contributed by atoms with E-state index in [1.807, 2.05) is 0 Å². The van der Waals surface area contributed by atoms with E-state index in [1.54, 1.807) is 12.1 Å². The highest BCUT2D eigenvalue weighted by Gasteiger charge is 2.11. The molecule has 1 rings (SSSR count). The lowest BCUT2D eigenvalue weighted by Gasteiger charge is -2.11. The van der Waals surface area contributed by atoms with Crippen molar-refractivity contribution in [1.29, 1.82) is 0 Å². The largest absolute Gasteiger partial charge is 0.495 e. The lowest BCUT2D eigenvalue weighted by atomic mass is 10.2. The zero-order chi connectivity index (χ0) is 12.1. The van der Waals surface area contributed by atoms with Crippen molar-refractivity contribution in [2.45, 2.75) is 6.92 Å². The summed E-state index contributed by atoms with van der Waals surface area (Å²) in [5.74, 6) is 0.514. The molecule has 0 bridgehead atoms. The van der Waals surface area contributed by atoms with E-state index in [0.29, 0.717) is 22.4 Å². The van der Waals surface area contributed by atoms with E-state index in [4.69, 9.17) is 9.47 Å². The Bertz CT molecular complexity index is 420. The predicted molar refractivity (Wildman–Crippen MR) is 61.7 cm³/mol. The number of hydrogen-bond donors (Lipinski definition) is 1. The van der Waals surface area contributed by atoms with E-state index < -0.39 is 0 Å². The minimum Gasteiger partial charge on any atom is -0.495 e. The summed E-state index contributed by atoms with van der Waals surface area (Å²) in [7, 11) is 1.50. The maximum absolute atomic E-state index is 10.9. The Kier molecular flexibility index (Phi) is 4.30. The van der Waals surface area contributed by atoms with Crippen molar-refractivity contribution >= 4 is 34.0 Å². The average molecular weight is 288 g/mol. The van der Waals surface area contributed by atoms with E-state index in [-0.39, 0.29) is 11.7 Å². The maximum atomic E-state index is 10.9. The number of amides is 1. The molecule has 0 unspecified atom stereocenters. The van der Waals surface area contributed by atoms with Gasteiger partial charge < -0.3 is 14.8 Å². The van der Waals surface area contributed by atoms with E-state index >= 15 is 0 Å². The van der Waals surface area contributed by atoms with Gasteiger partial charge in [0.15, 0.2) is 5.75 Å². The minimum atomic E-state index is -0.264. The topological polar surface area (TPSA) is 64.6 Å². The van der Waals surface area contributed by atoms with Gasteiger partial charge in [-0.15, -0.1) is 0 Å². The molecular formula is C10H10BrNO4. The first-order chi connectivity index (χ1) is 7.58. The van der Waals surface area contributed by atoms with Gasteiger partial charge >= 0.3 is 0 Å². The van der Waals surface area contributed by atoms with E-state index in [1.165, 1.54) is 14.0 Å². The van der Waals surface area contributed by atoms with E-state index in [0.717, 1.165) is 0 Å². The molecule has 0 aliphatic heterocycles. The van der Waals surface area contributed by atoms with Crippen LogP contribution >= 0.6 is 15.9 Å². The molecule has 0 atom stereocenters. The molecule has 86 valence electrons. The average Bonchev–Trinajstić information content (AvgIpc) is 2.21. The molecule has 0 aliphatic rings. The number of hydrogen-bond acceptors (Lipinski definition) is 4. The molecule has 0 heterocycles. The zero-order valence-corrected chi connectivity index (χ0v) is 10.3. The quantitative estimate of drug-likeness (QED) is 0.860. The van der Waals surface area contributed by atoms with Crippen molar-refractivity contribution in [2.75, 3.05) is 12.4 Å². The van der Waals surface area contributed by atoms with Crippen LogP contribution in [0.5, 0.6) is 11.5 Å². The van der Waals surface area contributed by atoms with Crippen molar-refractivity contribution in [2.24, 2.45) is 0 Å². The Morgan fingerprint density at radius 2 is 2.12 bits per heavy atom. The number of benzene rings is 1. The van der Waals surface area contributed by atoms with Crippen molar-refractivity contribution in [3.05, 3.63) is 16.6 Å². The second-order valence-electron chi connectivity index (χ2n) is 2.88. The monoisotopic (exact) mass is 287 g/mol. The fourth-order valence-corrected chi connectivity index (χ4v) is 1.61. The van der Waals surface area contributed by atoms with Crippen molar-refractivity contribution in [3.8, 4) is 11.5 Å². The van der Waals surface area contributed by atoms with Gasteiger partial charge in [-0.2, -0.15) is 0 Å². The normalized spacial score (nSPS) is 9.44. The number of carbonyl (C=O) groups excluding carboxylic acids is 2. The van der Waals surface area contributed by atoms with Crippen molar-refractivity contribution in [3.63, 3.8) is 0 Å². The highest BCUT2D eigenvalue weighted by Crippen LogP contribution is 2.35. The second-order valence-corrected chi connectivity index (χ2v) is 3.73. The zero-order valence-electron chi connectivity index (χ0n) is 8.74. The van der Waals surface area contributed by atoms with Crippen LogP contribution in [-0.2, 0) is 9.59 Å². The van der Waals surface area contributed by atoms with Gasteiger partial charge in [0, 0.05) is 19.1 Å². The molecule has 0 spiro atoms. The molecule has 16 heavy (non-hydrogen) atoms. The lowest BCUT2D eigenvalue weighted by molar-refractivity contribution is -0.120. The Morgan fingerprint density at radius 1 is 1.44 bits per heavy atom. The Labute approximate surface area is 101 Å². The number of nitrogens with one attached hydrogen (secondary N) is 1. The summed E-state index contributed by atoms with van der Waals surface area (Å²) in [6, 6.07) is 3.10. The SMILES string of the molecule is COc1cc(NC(C)=O)c(OC=O)cc1Br. The first-order valence-electron chi connectivity index (χ1n) is 4.34. The summed E-state index contributed by atoms with van der Waals surface area (Å²) in [6.07, 6.45) is 0. The van der Waals surface area contributed by atoms with Crippen molar-refractivity contribution in [1.82, 2.24) is 0 Å². The van der Waals surface area contributed by atoms with Gasteiger partial charge in [-0.25, -0.2) is 0 Å². The van der Waals surface area contributed by atoms with Gasteiger partial charge in [0.05, 0.1) is 17.3 Å². The van der Waals surface area contributed by atoms with Gasteiger partial charge in [-0.1, -0.05) is 0 Å². The minimum absolute atomic E-state index is 0.248. The molecule has 0 fully saturated rings. The maximum Gasteiger partial charge on any atom is 0.298 e. The molecule has 1 N–H and O–H groups in total. The summed E-state index contributed by atoms with van der Waals surface area (Å²) in [5.41, 5.74) is 0.375. The van der Waals surface area contributed by atoms with Gasteiger partial charge in [0.2, 0.25) is 5.91 Å². The molecule has 0 radical (unpaired) electrons. The number of anilines is 1. The van der Waals surface area contributed by atoms with Gasteiger partial charge in [-0.3, -0.25) is 9.59 Å². The molecule has 0 aliphatic carbocycles. The summed E-state index contributed by atoms with van der Waals surface area (Å²) in [4.78, 5) is 21.2. The van der Waals surface area contributed by atoms with Gasteiger partial charge in [-0.05, 0) is 15.9 Å². The lowest BCUT2D eigenvalue weighted by Crippen LogP contribution is -2.08. The van der Waals surface area contributed by atoms with E-state index in [2.05, 4.69) is 21.2 Å². The molecule has 6 heteroatoms. The smallest absolute Gasteiger partial charge is 0.298 e. The van der Waals surface area contributed by atoms with Crippen LogP contribution in [0.25, 0.3) is 0 Å². The molecule has 0 saturated heterocycles. The van der Waals surface area contributed by atoms with Gasteiger partial charge in [0.25, 0.3) is 6.47 Å². The van der Waals surface area contributed by atoms with Crippen LogP contribution in [0, 0.1) is 0 Å². The second kappa shape index (κ2) is 5.50. The van der Waals surface area contributed by atoms with Crippen LogP contribution in [0.15, 0.2) is 16.6 Å². The Hall–Kier alpha value is -1.56. The predicted octanol–water partition coefficient (Wildman–Crippen LogP) is 1.95. The first kappa shape index (κ1) is 12.5. The molecule has 5 nitrogen and oxygen atoms in total. The first-order valence-corrected chi connectivity index (χ1v) is 5.13. The molecule has 1 aromatic rings. The third kappa shape index (κ3) is 2.96. The highest BCUT2D eigenvalue weighted by molar-refractivity contribution is 9.10. The standard InChI is InChI=1S/C10H10BrNO4/c1-6(14)12-8-4-9(15-2)7(11)3-10(8)16-5-13/h3-5H,1-2H3,(H,12,14). The number of ether oxygens (including phenoxy) is 2. The molecule has 0 saturated carbocycles. The number of methoxy groups -OCH3 is 1. The molecule has 0 aromatic heterocycles. The number of halogens is 1. The van der Waals surface area contributed by atoms with Crippen LogP contribution in [0.4, 0.5) is 5.69 Å². The summed E-state index contributed by atoms with van der Waals surface area (Å²) < 4.78 is 10.4. The third-order valence-electron chi connectivity index (χ3n) is 1.74. The number of rotatable bonds is 4. The molecule has 1 amide bonds. The fraction of sp³-hybridized carbons (Fsp3) is 0.200.